The molecule has 2 aliphatic rings. The monoisotopic (exact) mass is 320 g/mol. The van der Waals surface area contributed by atoms with Gasteiger partial charge in [0.15, 0.2) is 0 Å². The molecule has 22 heavy (non-hydrogen) atoms. The molecule has 0 aliphatic carbocycles. The summed E-state index contributed by atoms with van der Waals surface area (Å²) in [6.45, 7) is 0. The lowest BCUT2D eigenvalue weighted by molar-refractivity contribution is 1.32. The maximum absolute atomic E-state index is 5.55. The topological polar surface area (TPSA) is 24.1 Å². The molecular formula is C18H12N2S2. The molecule has 4 heteroatoms. The van der Waals surface area contributed by atoms with Crippen molar-refractivity contribution in [3.8, 4) is 0 Å². The van der Waals surface area contributed by atoms with E-state index in [2.05, 4.69) is 34.9 Å². The molecule has 2 aromatic rings. The number of rotatable bonds is 2. The first-order chi connectivity index (χ1) is 10.8. The van der Waals surface area contributed by atoms with Crippen LogP contribution in [0.2, 0.25) is 0 Å². The minimum Gasteiger partial charge on any atom is -0.345 e. The van der Waals surface area contributed by atoms with Crippen molar-refractivity contribution in [2.45, 2.75) is 0 Å². The minimum atomic E-state index is 0.722. The highest BCUT2D eigenvalue weighted by Crippen LogP contribution is 2.38. The molecule has 0 saturated carbocycles. The summed E-state index contributed by atoms with van der Waals surface area (Å²) < 4.78 is 0. The summed E-state index contributed by atoms with van der Waals surface area (Å²) in [4.78, 5) is 1.44. The molecule has 0 unspecified atom stereocenters. The van der Waals surface area contributed by atoms with Crippen molar-refractivity contribution in [2.24, 2.45) is 0 Å². The van der Waals surface area contributed by atoms with Gasteiger partial charge in [0.2, 0.25) is 0 Å². The van der Waals surface area contributed by atoms with Crippen LogP contribution < -0.4 is 10.6 Å². The summed E-state index contributed by atoms with van der Waals surface area (Å²) in [5.41, 5.74) is 6.17. The summed E-state index contributed by atoms with van der Waals surface area (Å²) in [5, 5.41) is 6.66. The Morgan fingerprint density at radius 2 is 0.909 bits per heavy atom. The first-order valence-corrected chi connectivity index (χ1v) is 7.80. The van der Waals surface area contributed by atoms with Gasteiger partial charge in [0.25, 0.3) is 0 Å². The third-order valence-corrected chi connectivity index (χ3v) is 4.42. The summed E-state index contributed by atoms with van der Waals surface area (Å²) >= 11 is 11.1. The standard InChI is InChI=1S/C18H12N2S2/c21-17-13-14(16(20-17)12-9-5-2-6-10-12)18(22)19-15(13)11-7-3-1-4-8-11/h1-10H,(H,19,22)(H,20,21). The van der Waals surface area contributed by atoms with E-state index >= 15 is 0 Å². The zero-order valence-corrected chi connectivity index (χ0v) is 13.2. The lowest BCUT2D eigenvalue weighted by Crippen LogP contribution is -2.19. The fourth-order valence-corrected chi connectivity index (χ4v) is 3.44. The number of hydrogen-bond donors (Lipinski definition) is 2. The molecule has 2 aliphatic heterocycles. The van der Waals surface area contributed by atoms with Gasteiger partial charge in [-0.3, -0.25) is 0 Å². The highest BCUT2D eigenvalue weighted by Gasteiger charge is 2.36. The number of benzene rings is 2. The molecule has 0 spiro atoms. The van der Waals surface area contributed by atoms with Crippen LogP contribution in [0.5, 0.6) is 0 Å². The molecule has 106 valence electrons. The minimum absolute atomic E-state index is 0.722. The van der Waals surface area contributed by atoms with Crippen molar-refractivity contribution in [1.29, 1.82) is 0 Å². The number of nitrogens with one attached hydrogen (secondary N) is 2. The van der Waals surface area contributed by atoms with Crippen LogP contribution in [-0.2, 0) is 0 Å². The second kappa shape index (κ2) is 5.16. The summed E-state index contributed by atoms with van der Waals surface area (Å²) in [5.74, 6) is 0. The van der Waals surface area contributed by atoms with Gasteiger partial charge < -0.3 is 10.6 Å². The molecule has 4 rings (SSSR count). The van der Waals surface area contributed by atoms with Crippen molar-refractivity contribution in [1.82, 2.24) is 10.6 Å². The van der Waals surface area contributed by atoms with Crippen molar-refractivity contribution in [3.05, 3.63) is 82.9 Å². The fraction of sp³-hybridized carbons (Fsp3) is 0. The van der Waals surface area contributed by atoms with Crippen molar-refractivity contribution in [2.75, 3.05) is 0 Å². The largest absolute Gasteiger partial charge is 0.345 e. The van der Waals surface area contributed by atoms with Gasteiger partial charge in [-0.25, -0.2) is 0 Å². The molecule has 2 N–H and O–H groups in total. The van der Waals surface area contributed by atoms with E-state index in [-0.39, 0.29) is 0 Å². The van der Waals surface area contributed by atoms with E-state index < -0.39 is 0 Å². The van der Waals surface area contributed by atoms with E-state index in [1.165, 1.54) is 0 Å². The maximum Gasteiger partial charge on any atom is 0.113 e. The maximum atomic E-state index is 5.55. The second-order valence-electron chi connectivity index (χ2n) is 5.14. The molecule has 0 saturated heterocycles. The van der Waals surface area contributed by atoms with E-state index in [0.717, 1.165) is 43.6 Å². The zero-order valence-electron chi connectivity index (χ0n) is 11.6. The van der Waals surface area contributed by atoms with Crippen LogP contribution in [0.3, 0.4) is 0 Å². The fourth-order valence-electron chi connectivity index (χ4n) is 2.82. The summed E-state index contributed by atoms with van der Waals surface area (Å²) in [6.07, 6.45) is 0. The lowest BCUT2D eigenvalue weighted by Gasteiger charge is -2.09. The zero-order chi connectivity index (χ0) is 15.1. The smallest absolute Gasteiger partial charge is 0.113 e. The molecule has 2 nitrogen and oxygen atoms in total. The average molecular weight is 320 g/mol. The van der Waals surface area contributed by atoms with Crippen molar-refractivity contribution in [3.63, 3.8) is 0 Å². The van der Waals surface area contributed by atoms with E-state index in [9.17, 15) is 0 Å². The van der Waals surface area contributed by atoms with E-state index in [4.69, 9.17) is 24.4 Å². The van der Waals surface area contributed by atoms with Crippen LogP contribution in [0.25, 0.3) is 11.4 Å². The normalized spacial score (nSPS) is 16.7. The van der Waals surface area contributed by atoms with Gasteiger partial charge in [-0.2, -0.15) is 0 Å². The Hall–Kier alpha value is -2.30. The molecule has 0 bridgehead atoms. The van der Waals surface area contributed by atoms with E-state index in [0.29, 0.717) is 0 Å². The van der Waals surface area contributed by atoms with Gasteiger partial charge in [0, 0.05) is 11.1 Å². The van der Waals surface area contributed by atoms with Crippen LogP contribution in [0.1, 0.15) is 11.1 Å². The number of thiocarbonyl (C=S) groups is 2. The quantitative estimate of drug-likeness (QED) is 0.825. The Balaban J connectivity index is 1.93. The Morgan fingerprint density at radius 3 is 1.27 bits per heavy atom. The average Bonchev–Trinajstić information content (AvgIpc) is 3.09. The van der Waals surface area contributed by atoms with Gasteiger partial charge >= 0.3 is 0 Å². The molecule has 2 heterocycles. The van der Waals surface area contributed by atoms with Crippen LogP contribution in [-0.4, -0.2) is 9.98 Å². The highest BCUT2D eigenvalue weighted by atomic mass is 32.1. The Labute approximate surface area is 139 Å². The lowest BCUT2D eigenvalue weighted by atomic mass is 10.0. The third kappa shape index (κ3) is 2.00. The van der Waals surface area contributed by atoms with Crippen molar-refractivity contribution >= 4 is 45.8 Å². The van der Waals surface area contributed by atoms with Gasteiger partial charge in [-0.15, -0.1) is 0 Å². The van der Waals surface area contributed by atoms with Crippen LogP contribution >= 0.6 is 24.4 Å². The number of hydrogen-bond acceptors (Lipinski definition) is 2. The third-order valence-electron chi connectivity index (χ3n) is 3.81. The van der Waals surface area contributed by atoms with Crippen LogP contribution in [0.4, 0.5) is 0 Å². The Bertz CT molecular complexity index is 776. The Morgan fingerprint density at radius 1 is 0.545 bits per heavy atom. The molecule has 0 aromatic heterocycles. The molecule has 0 amide bonds. The number of fused-ring (bicyclic) bond motifs is 1. The van der Waals surface area contributed by atoms with E-state index in [1.807, 2.05) is 36.4 Å². The molecule has 0 fully saturated rings. The summed E-state index contributed by atoms with van der Waals surface area (Å²) in [7, 11) is 0. The molecule has 0 atom stereocenters. The van der Waals surface area contributed by atoms with E-state index in [1.54, 1.807) is 0 Å². The first-order valence-electron chi connectivity index (χ1n) is 6.98. The van der Waals surface area contributed by atoms with Gasteiger partial charge in [0.1, 0.15) is 9.98 Å². The molecular weight excluding hydrogens is 308 g/mol. The van der Waals surface area contributed by atoms with Crippen LogP contribution in [0.15, 0.2) is 71.8 Å². The first kappa shape index (κ1) is 13.4. The SMILES string of the molecule is S=C1NC(c2ccccc2)=C2C(=S)NC(c3ccccc3)=C12. The highest BCUT2D eigenvalue weighted by molar-refractivity contribution is 7.81. The predicted octanol–water partition coefficient (Wildman–Crippen LogP) is 3.67. The summed E-state index contributed by atoms with van der Waals surface area (Å²) in [6, 6.07) is 20.3. The molecule has 2 aromatic carbocycles. The van der Waals surface area contributed by atoms with Gasteiger partial charge in [-0.1, -0.05) is 85.1 Å². The Kier molecular flexibility index (Phi) is 3.13. The van der Waals surface area contributed by atoms with Crippen molar-refractivity contribution < 1.29 is 0 Å². The predicted molar refractivity (Wildman–Crippen MR) is 98.2 cm³/mol. The van der Waals surface area contributed by atoms with Gasteiger partial charge in [0.05, 0.1) is 11.4 Å². The molecule has 0 radical (unpaired) electrons. The van der Waals surface area contributed by atoms with Gasteiger partial charge in [-0.05, 0) is 11.1 Å². The second-order valence-corrected chi connectivity index (χ2v) is 5.96. The van der Waals surface area contributed by atoms with Crippen LogP contribution in [0, 0.1) is 0 Å².